The van der Waals surface area contributed by atoms with Crippen LogP contribution in [0.4, 0.5) is 10.2 Å². The van der Waals surface area contributed by atoms with E-state index in [0.717, 1.165) is 16.5 Å². The summed E-state index contributed by atoms with van der Waals surface area (Å²) in [6.07, 6.45) is 3.22. The quantitative estimate of drug-likeness (QED) is 0.705. The van der Waals surface area contributed by atoms with Crippen LogP contribution in [0.1, 0.15) is 13.3 Å². The molecule has 0 bridgehead atoms. The maximum absolute atomic E-state index is 13.8. The Morgan fingerprint density at radius 3 is 2.83 bits per heavy atom. The van der Waals surface area contributed by atoms with Crippen molar-refractivity contribution in [2.75, 3.05) is 11.4 Å². The normalized spacial score (nSPS) is 20.9. The van der Waals surface area contributed by atoms with Crippen LogP contribution in [0.2, 0.25) is 10.0 Å². The maximum atomic E-state index is 13.8. The van der Waals surface area contributed by atoms with Gasteiger partial charge in [0, 0.05) is 29.6 Å². The summed E-state index contributed by atoms with van der Waals surface area (Å²) < 4.78 is 13.8. The third-order valence-electron chi connectivity index (χ3n) is 4.49. The molecule has 3 heterocycles. The van der Waals surface area contributed by atoms with Crippen LogP contribution in [-0.2, 0) is 0 Å². The van der Waals surface area contributed by atoms with Crippen LogP contribution in [0.15, 0.2) is 30.6 Å². The average Bonchev–Trinajstić information content (AvgIpc) is 3.20. The van der Waals surface area contributed by atoms with Crippen molar-refractivity contribution in [3.63, 3.8) is 0 Å². The number of rotatable bonds is 2. The zero-order valence-corrected chi connectivity index (χ0v) is 14.4. The fourth-order valence-electron chi connectivity index (χ4n) is 3.29. The monoisotopic (exact) mass is 364 g/mol. The third kappa shape index (κ3) is 2.52. The Hall–Kier alpha value is -1.85. The first-order valence-corrected chi connectivity index (χ1v) is 8.49. The Labute approximate surface area is 148 Å². The topological polar surface area (TPSA) is 44.8 Å². The lowest BCUT2D eigenvalue weighted by atomic mass is 10.0. The van der Waals surface area contributed by atoms with Gasteiger partial charge in [-0.15, -0.1) is 0 Å². The molecule has 124 valence electrons. The van der Waals surface area contributed by atoms with Crippen LogP contribution in [0, 0.1) is 0 Å². The van der Waals surface area contributed by atoms with E-state index >= 15 is 0 Å². The van der Waals surface area contributed by atoms with Gasteiger partial charge in [0.05, 0.1) is 28.3 Å². The number of alkyl halides is 1. The summed E-state index contributed by atoms with van der Waals surface area (Å²) in [6.45, 7) is 2.34. The van der Waals surface area contributed by atoms with Gasteiger partial charge in [0.2, 0.25) is 0 Å². The molecule has 0 radical (unpaired) electrons. The largest absolute Gasteiger partial charge is 0.351 e. The Morgan fingerprint density at radius 1 is 1.33 bits per heavy atom. The number of benzene rings is 1. The smallest absolute Gasteiger partial charge is 0.130 e. The highest BCUT2D eigenvalue weighted by molar-refractivity contribution is 6.45. The predicted octanol–water partition coefficient (Wildman–Crippen LogP) is 4.87. The standard InChI is InChI=1S/C17H15Cl2FN4/c1-9-4-11(20)8-24(9)15-5-13(10-6-21-22-7-10)12-2-3-14(18)16(19)17(12)23-15/h2-3,5-7,9,11H,4,8H2,1H3,(H,21,22)/t9-,11-/m1/s1. The van der Waals surface area contributed by atoms with E-state index in [0.29, 0.717) is 34.3 Å². The number of hydrogen-bond acceptors (Lipinski definition) is 3. The lowest BCUT2D eigenvalue weighted by Crippen LogP contribution is -2.27. The number of hydrogen-bond donors (Lipinski definition) is 1. The lowest BCUT2D eigenvalue weighted by molar-refractivity contribution is 0.358. The van der Waals surface area contributed by atoms with Gasteiger partial charge in [-0.25, -0.2) is 9.37 Å². The highest BCUT2D eigenvalue weighted by atomic mass is 35.5. The van der Waals surface area contributed by atoms with Crippen molar-refractivity contribution in [3.05, 3.63) is 40.6 Å². The molecule has 0 saturated carbocycles. The zero-order chi connectivity index (χ0) is 16.8. The van der Waals surface area contributed by atoms with E-state index in [1.165, 1.54) is 0 Å². The molecule has 3 aromatic rings. The number of fused-ring (bicyclic) bond motifs is 1. The number of halogens is 3. The van der Waals surface area contributed by atoms with Crippen molar-refractivity contribution in [1.82, 2.24) is 15.2 Å². The van der Waals surface area contributed by atoms with E-state index in [1.54, 1.807) is 12.3 Å². The zero-order valence-electron chi connectivity index (χ0n) is 12.9. The number of H-pyrrole nitrogens is 1. The molecule has 1 aliphatic rings. The summed E-state index contributed by atoms with van der Waals surface area (Å²) in [6, 6.07) is 5.70. The van der Waals surface area contributed by atoms with Gasteiger partial charge >= 0.3 is 0 Å². The van der Waals surface area contributed by atoms with Crippen molar-refractivity contribution in [1.29, 1.82) is 0 Å². The molecule has 0 unspecified atom stereocenters. The number of aromatic amines is 1. The molecular formula is C17H15Cl2FN4. The molecule has 0 spiro atoms. The minimum absolute atomic E-state index is 0.0834. The third-order valence-corrected chi connectivity index (χ3v) is 5.28. The molecular weight excluding hydrogens is 350 g/mol. The summed E-state index contributed by atoms with van der Waals surface area (Å²) in [5.41, 5.74) is 2.48. The van der Waals surface area contributed by atoms with E-state index < -0.39 is 6.17 Å². The van der Waals surface area contributed by atoms with Gasteiger partial charge < -0.3 is 4.90 Å². The van der Waals surface area contributed by atoms with Gasteiger partial charge in [0.1, 0.15) is 12.0 Å². The fraction of sp³-hybridized carbons (Fsp3) is 0.294. The minimum Gasteiger partial charge on any atom is -0.351 e. The van der Waals surface area contributed by atoms with Gasteiger partial charge in [-0.2, -0.15) is 5.10 Å². The van der Waals surface area contributed by atoms with E-state index in [1.807, 2.05) is 30.2 Å². The van der Waals surface area contributed by atoms with Gasteiger partial charge in [-0.1, -0.05) is 29.3 Å². The van der Waals surface area contributed by atoms with Crippen LogP contribution in [0.25, 0.3) is 22.0 Å². The molecule has 0 aliphatic carbocycles. The van der Waals surface area contributed by atoms with Gasteiger partial charge in [-0.3, -0.25) is 5.10 Å². The van der Waals surface area contributed by atoms with Crippen LogP contribution in [-0.4, -0.2) is 33.9 Å². The Kier molecular flexibility index (Phi) is 3.85. The second kappa shape index (κ2) is 5.90. The summed E-state index contributed by atoms with van der Waals surface area (Å²) in [7, 11) is 0. The van der Waals surface area contributed by atoms with Gasteiger partial charge in [0.25, 0.3) is 0 Å². The summed E-state index contributed by atoms with van der Waals surface area (Å²) in [5.74, 6) is 0.704. The average molecular weight is 365 g/mol. The minimum atomic E-state index is -0.843. The number of pyridine rings is 1. The summed E-state index contributed by atoms with van der Waals surface area (Å²) >= 11 is 12.6. The van der Waals surface area contributed by atoms with Crippen molar-refractivity contribution in [3.8, 4) is 11.1 Å². The second-order valence-electron chi connectivity index (χ2n) is 6.11. The Morgan fingerprint density at radius 2 is 2.17 bits per heavy atom. The van der Waals surface area contributed by atoms with E-state index in [2.05, 4.69) is 15.2 Å². The molecule has 24 heavy (non-hydrogen) atoms. The molecule has 4 rings (SSSR count). The molecule has 1 N–H and O–H groups in total. The van der Waals surface area contributed by atoms with E-state index in [-0.39, 0.29) is 6.04 Å². The van der Waals surface area contributed by atoms with Crippen LogP contribution in [0.5, 0.6) is 0 Å². The molecule has 7 heteroatoms. The molecule has 2 atom stereocenters. The molecule has 1 fully saturated rings. The number of aromatic nitrogens is 3. The first-order chi connectivity index (χ1) is 11.5. The van der Waals surface area contributed by atoms with Crippen molar-refractivity contribution >= 4 is 39.9 Å². The van der Waals surface area contributed by atoms with Crippen molar-refractivity contribution in [2.24, 2.45) is 0 Å². The van der Waals surface area contributed by atoms with Gasteiger partial charge in [-0.05, 0) is 24.6 Å². The first kappa shape index (κ1) is 15.7. The number of anilines is 1. The predicted molar refractivity (Wildman–Crippen MR) is 95.7 cm³/mol. The van der Waals surface area contributed by atoms with Gasteiger partial charge in [0.15, 0.2) is 0 Å². The molecule has 4 nitrogen and oxygen atoms in total. The fourth-order valence-corrected chi connectivity index (χ4v) is 3.65. The Balaban J connectivity index is 1.97. The molecule has 0 amide bonds. The van der Waals surface area contributed by atoms with Crippen molar-refractivity contribution < 1.29 is 4.39 Å². The molecule has 1 aromatic carbocycles. The molecule has 1 saturated heterocycles. The number of nitrogens with one attached hydrogen (secondary N) is 1. The summed E-state index contributed by atoms with van der Waals surface area (Å²) in [4.78, 5) is 6.66. The van der Waals surface area contributed by atoms with E-state index in [4.69, 9.17) is 23.2 Å². The first-order valence-electron chi connectivity index (χ1n) is 7.73. The molecule has 1 aliphatic heterocycles. The number of nitrogens with zero attached hydrogens (tertiary/aromatic N) is 3. The second-order valence-corrected chi connectivity index (χ2v) is 6.89. The summed E-state index contributed by atoms with van der Waals surface area (Å²) in [5, 5.41) is 8.59. The van der Waals surface area contributed by atoms with Crippen molar-refractivity contribution in [2.45, 2.75) is 25.6 Å². The highest BCUT2D eigenvalue weighted by Gasteiger charge is 2.30. The lowest BCUT2D eigenvalue weighted by Gasteiger charge is -2.23. The van der Waals surface area contributed by atoms with Crippen LogP contribution < -0.4 is 4.90 Å². The Bertz CT molecular complexity index is 897. The van der Waals surface area contributed by atoms with E-state index in [9.17, 15) is 4.39 Å². The SMILES string of the molecule is C[C@@H]1C[C@@H](F)CN1c1cc(-c2cn[nH]c2)c2ccc(Cl)c(Cl)c2n1. The highest BCUT2D eigenvalue weighted by Crippen LogP contribution is 2.38. The van der Waals surface area contributed by atoms with Crippen LogP contribution >= 0.6 is 23.2 Å². The van der Waals surface area contributed by atoms with Crippen LogP contribution in [0.3, 0.4) is 0 Å². The molecule has 2 aromatic heterocycles. The maximum Gasteiger partial charge on any atom is 0.130 e.